The first-order valence-electron chi connectivity index (χ1n) is 4.02. The van der Waals surface area contributed by atoms with E-state index < -0.39 is 0 Å². The molecule has 60 valence electrons. The Labute approximate surface area is 67.7 Å². The van der Waals surface area contributed by atoms with Crippen LogP contribution in [-0.2, 0) is 0 Å². The molecule has 0 saturated heterocycles. The topological polar surface area (TPSA) is 25.8 Å². The summed E-state index contributed by atoms with van der Waals surface area (Å²) in [6.07, 6.45) is 4.66. The van der Waals surface area contributed by atoms with Gasteiger partial charge in [0.1, 0.15) is 6.33 Å². The first-order chi connectivity index (χ1) is 5.25. The molecule has 0 aromatic carbocycles. The molecule has 1 aromatic rings. The van der Waals surface area contributed by atoms with Gasteiger partial charge >= 0.3 is 0 Å². The summed E-state index contributed by atoms with van der Waals surface area (Å²) in [6.45, 7) is 6.41. The van der Waals surface area contributed by atoms with Gasteiger partial charge in [0.25, 0.3) is 0 Å². The smallest absolute Gasteiger partial charge is 0.115 e. The quantitative estimate of drug-likeness (QED) is 0.646. The Kier molecular flexibility index (Phi) is 2.58. The molecule has 0 aliphatic rings. The number of aromatic nitrogens is 2. The Morgan fingerprint density at radius 3 is 2.82 bits per heavy atom. The van der Waals surface area contributed by atoms with E-state index in [4.69, 9.17) is 0 Å². The summed E-state index contributed by atoms with van der Waals surface area (Å²) in [6, 6.07) is 0. The van der Waals surface area contributed by atoms with E-state index in [1.165, 1.54) is 5.56 Å². The van der Waals surface area contributed by atoms with Gasteiger partial charge in [-0.05, 0) is 24.8 Å². The van der Waals surface area contributed by atoms with Crippen LogP contribution in [0.25, 0.3) is 0 Å². The molecule has 1 unspecified atom stereocenters. The molecule has 0 amide bonds. The van der Waals surface area contributed by atoms with Crippen molar-refractivity contribution in [3.8, 4) is 0 Å². The standard InChI is InChI=1S/C9H14N2/c1-4-7(2)9-5-10-6-11-8(9)3/h5-7H,4H2,1-3H3. The third-order valence-electron chi connectivity index (χ3n) is 2.09. The number of rotatable bonds is 2. The summed E-state index contributed by atoms with van der Waals surface area (Å²) < 4.78 is 0. The van der Waals surface area contributed by atoms with E-state index in [9.17, 15) is 0 Å². The van der Waals surface area contributed by atoms with E-state index in [-0.39, 0.29) is 0 Å². The number of hydrogen-bond acceptors (Lipinski definition) is 2. The number of hydrogen-bond donors (Lipinski definition) is 0. The van der Waals surface area contributed by atoms with E-state index in [1.54, 1.807) is 6.33 Å². The van der Waals surface area contributed by atoms with E-state index in [0.29, 0.717) is 5.92 Å². The Morgan fingerprint density at radius 1 is 1.55 bits per heavy atom. The predicted octanol–water partition coefficient (Wildman–Crippen LogP) is 2.30. The molecule has 11 heavy (non-hydrogen) atoms. The molecule has 1 rings (SSSR count). The van der Waals surface area contributed by atoms with Crippen LogP contribution in [0.3, 0.4) is 0 Å². The molecule has 0 fully saturated rings. The Morgan fingerprint density at radius 2 is 2.27 bits per heavy atom. The molecule has 1 heterocycles. The van der Waals surface area contributed by atoms with Crippen LogP contribution in [0, 0.1) is 6.92 Å². The molecule has 0 spiro atoms. The molecule has 0 aliphatic carbocycles. The second kappa shape index (κ2) is 3.46. The van der Waals surface area contributed by atoms with E-state index in [1.807, 2.05) is 13.1 Å². The van der Waals surface area contributed by atoms with Gasteiger partial charge in [0.05, 0.1) is 0 Å². The molecule has 2 heteroatoms. The lowest BCUT2D eigenvalue weighted by Gasteiger charge is -2.09. The van der Waals surface area contributed by atoms with Crippen molar-refractivity contribution in [2.75, 3.05) is 0 Å². The highest BCUT2D eigenvalue weighted by molar-refractivity contribution is 5.18. The van der Waals surface area contributed by atoms with Gasteiger partial charge in [-0.1, -0.05) is 13.8 Å². The number of aryl methyl sites for hydroxylation is 1. The van der Waals surface area contributed by atoms with Gasteiger partial charge in [-0.25, -0.2) is 9.97 Å². The second-order valence-corrected chi connectivity index (χ2v) is 2.87. The molecule has 1 aromatic heterocycles. The van der Waals surface area contributed by atoms with Crippen molar-refractivity contribution in [3.63, 3.8) is 0 Å². The van der Waals surface area contributed by atoms with Gasteiger partial charge in [-0.15, -0.1) is 0 Å². The molecule has 0 saturated carbocycles. The Hall–Kier alpha value is -0.920. The van der Waals surface area contributed by atoms with Gasteiger partial charge in [-0.2, -0.15) is 0 Å². The lowest BCUT2D eigenvalue weighted by atomic mass is 9.99. The molecule has 0 N–H and O–H groups in total. The van der Waals surface area contributed by atoms with Gasteiger partial charge in [-0.3, -0.25) is 0 Å². The largest absolute Gasteiger partial charge is 0.245 e. The summed E-state index contributed by atoms with van der Waals surface area (Å²) in [7, 11) is 0. The lowest BCUT2D eigenvalue weighted by Crippen LogP contribution is -1.97. The van der Waals surface area contributed by atoms with Crippen LogP contribution in [0.2, 0.25) is 0 Å². The molecule has 0 radical (unpaired) electrons. The molecular formula is C9H14N2. The highest BCUT2D eigenvalue weighted by atomic mass is 14.8. The SMILES string of the molecule is CCC(C)c1cncnc1C. The zero-order valence-corrected chi connectivity index (χ0v) is 7.33. The average Bonchev–Trinajstić information content (AvgIpc) is 2.04. The first kappa shape index (κ1) is 8.18. The molecule has 0 aliphatic heterocycles. The maximum Gasteiger partial charge on any atom is 0.115 e. The minimum atomic E-state index is 0.580. The van der Waals surface area contributed by atoms with E-state index in [0.717, 1.165) is 12.1 Å². The summed E-state index contributed by atoms with van der Waals surface area (Å²) in [5.74, 6) is 0.580. The van der Waals surface area contributed by atoms with Crippen LogP contribution in [0.4, 0.5) is 0 Å². The maximum atomic E-state index is 4.14. The summed E-state index contributed by atoms with van der Waals surface area (Å²) in [5.41, 5.74) is 2.38. The summed E-state index contributed by atoms with van der Waals surface area (Å²) in [5, 5.41) is 0. The highest BCUT2D eigenvalue weighted by Gasteiger charge is 2.05. The van der Waals surface area contributed by atoms with Crippen molar-refractivity contribution >= 4 is 0 Å². The van der Waals surface area contributed by atoms with Gasteiger partial charge in [0.15, 0.2) is 0 Å². The van der Waals surface area contributed by atoms with Crippen molar-refractivity contribution in [1.29, 1.82) is 0 Å². The monoisotopic (exact) mass is 150 g/mol. The predicted molar refractivity (Wildman–Crippen MR) is 45.5 cm³/mol. The van der Waals surface area contributed by atoms with Crippen molar-refractivity contribution < 1.29 is 0 Å². The maximum absolute atomic E-state index is 4.14. The zero-order chi connectivity index (χ0) is 8.27. The van der Waals surface area contributed by atoms with Crippen LogP contribution < -0.4 is 0 Å². The van der Waals surface area contributed by atoms with E-state index >= 15 is 0 Å². The second-order valence-electron chi connectivity index (χ2n) is 2.87. The third kappa shape index (κ3) is 1.76. The van der Waals surface area contributed by atoms with Crippen LogP contribution in [0.5, 0.6) is 0 Å². The first-order valence-corrected chi connectivity index (χ1v) is 4.02. The minimum Gasteiger partial charge on any atom is -0.245 e. The minimum absolute atomic E-state index is 0.580. The fourth-order valence-corrected chi connectivity index (χ4v) is 1.11. The van der Waals surface area contributed by atoms with Crippen molar-refractivity contribution in [2.24, 2.45) is 0 Å². The molecule has 2 nitrogen and oxygen atoms in total. The van der Waals surface area contributed by atoms with E-state index in [2.05, 4.69) is 23.8 Å². The molecular weight excluding hydrogens is 136 g/mol. The van der Waals surface area contributed by atoms with Gasteiger partial charge in [0, 0.05) is 11.9 Å². The molecule has 0 bridgehead atoms. The third-order valence-corrected chi connectivity index (χ3v) is 2.09. The van der Waals surface area contributed by atoms with Gasteiger partial charge < -0.3 is 0 Å². The highest BCUT2D eigenvalue weighted by Crippen LogP contribution is 2.18. The summed E-state index contributed by atoms with van der Waals surface area (Å²) in [4.78, 5) is 8.14. The average molecular weight is 150 g/mol. The van der Waals surface area contributed by atoms with Crippen molar-refractivity contribution in [3.05, 3.63) is 23.8 Å². The molecule has 1 atom stereocenters. The lowest BCUT2D eigenvalue weighted by molar-refractivity contribution is 0.716. The van der Waals surface area contributed by atoms with Crippen LogP contribution >= 0.6 is 0 Å². The van der Waals surface area contributed by atoms with Crippen molar-refractivity contribution in [2.45, 2.75) is 33.1 Å². The fourth-order valence-electron chi connectivity index (χ4n) is 1.11. The number of nitrogens with zero attached hydrogens (tertiary/aromatic N) is 2. The normalized spacial score (nSPS) is 13.0. The van der Waals surface area contributed by atoms with Crippen LogP contribution in [-0.4, -0.2) is 9.97 Å². The van der Waals surface area contributed by atoms with Gasteiger partial charge in [0.2, 0.25) is 0 Å². The van der Waals surface area contributed by atoms with Crippen molar-refractivity contribution in [1.82, 2.24) is 9.97 Å². The van der Waals surface area contributed by atoms with Crippen LogP contribution in [0.15, 0.2) is 12.5 Å². The summed E-state index contributed by atoms with van der Waals surface area (Å²) >= 11 is 0. The van der Waals surface area contributed by atoms with Crippen LogP contribution in [0.1, 0.15) is 37.4 Å². The fraction of sp³-hybridized carbons (Fsp3) is 0.556. The Bertz CT molecular complexity index is 233. The zero-order valence-electron chi connectivity index (χ0n) is 7.33. The Balaban J connectivity index is 2.93.